The molecular formula is C4H7F3N6. The van der Waals surface area contributed by atoms with Gasteiger partial charge in [0.05, 0.1) is 0 Å². The van der Waals surface area contributed by atoms with Gasteiger partial charge in [0.2, 0.25) is 17.8 Å². The van der Waals surface area contributed by atoms with Crippen LogP contribution in [0.1, 0.15) is 0 Å². The Hall–Kier alpha value is -1.80. The normalized spacial score (nSPS) is 9.23. The van der Waals surface area contributed by atoms with Gasteiger partial charge in [-0.1, -0.05) is 0 Å². The van der Waals surface area contributed by atoms with Crippen molar-refractivity contribution in [2.24, 2.45) is 0 Å². The van der Waals surface area contributed by atoms with Gasteiger partial charge in [0, 0.05) is 0 Å². The van der Waals surface area contributed by atoms with E-state index in [4.69, 9.17) is 17.2 Å². The van der Waals surface area contributed by atoms with E-state index in [-0.39, 0.29) is 17.8 Å². The molecule has 6 N–H and O–H groups in total. The van der Waals surface area contributed by atoms with E-state index in [0.29, 0.717) is 0 Å². The summed E-state index contributed by atoms with van der Waals surface area (Å²) in [5.41, 5.74) is 15.4. The second-order valence-electron chi connectivity index (χ2n) is 1.66. The maximum Gasteiger partial charge on any atom is 0.379 e. The minimum Gasteiger partial charge on any atom is -0.368 e. The SMILES string of the molecule is FC(F)F.Nc1nc(N)nc(N)n1. The van der Waals surface area contributed by atoms with Crippen LogP contribution in [-0.2, 0) is 0 Å². The molecule has 0 aliphatic heterocycles. The first kappa shape index (κ1) is 11.2. The fourth-order valence-electron chi connectivity index (χ4n) is 0.427. The maximum atomic E-state index is 9.67. The molecule has 0 saturated heterocycles. The lowest BCUT2D eigenvalue weighted by Gasteiger charge is -1.93. The quantitative estimate of drug-likeness (QED) is 0.528. The molecular weight excluding hydrogens is 189 g/mol. The number of aromatic nitrogens is 3. The summed E-state index contributed by atoms with van der Waals surface area (Å²) in [7, 11) is 0. The third-order valence-electron chi connectivity index (χ3n) is 0.687. The summed E-state index contributed by atoms with van der Waals surface area (Å²) in [6, 6.07) is 0. The van der Waals surface area contributed by atoms with Gasteiger partial charge in [-0.2, -0.15) is 28.1 Å². The average molecular weight is 196 g/mol. The predicted octanol–water partition coefficient (Wildman–Crippen LogP) is -0.203. The molecule has 0 amide bonds. The summed E-state index contributed by atoms with van der Waals surface area (Å²) in [4.78, 5) is 10.5. The van der Waals surface area contributed by atoms with Crippen molar-refractivity contribution in [2.45, 2.75) is 6.68 Å². The minimum atomic E-state index is -3.67. The molecule has 1 aromatic heterocycles. The van der Waals surface area contributed by atoms with Crippen molar-refractivity contribution in [3.05, 3.63) is 0 Å². The molecule has 0 unspecified atom stereocenters. The Labute approximate surface area is 71.0 Å². The summed E-state index contributed by atoms with van der Waals surface area (Å²) in [5.74, 6) is 0.125. The molecule has 0 aliphatic rings. The largest absolute Gasteiger partial charge is 0.379 e. The van der Waals surface area contributed by atoms with Crippen LogP contribution in [-0.4, -0.2) is 21.6 Å². The third-order valence-corrected chi connectivity index (χ3v) is 0.687. The van der Waals surface area contributed by atoms with E-state index < -0.39 is 6.68 Å². The molecule has 1 rings (SSSR count). The fraction of sp³-hybridized carbons (Fsp3) is 0.250. The third kappa shape index (κ3) is 6.59. The van der Waals surface area contributed by atoms with Crippen LogP contribution < -0.4 is 17.2 Å². The monoisotopic (exact) mass is 196 g/mol. The van der Waals surface area contributed by atoms with Gasteiger partial charge in [0.1, 0.15) is 0 Å². The molecule has 9 heteroatoms. The average Bonchev–Trinajstić information content (AvgIpc) is 1.80. The molecule has 0 atom stereocenters. The first-order valence-corrected chi connectivity index (χ1v) is 2.86. The number of hydrogen-bond acceptors (Lipinski definition) is 6. The number of alkyl halides is 3. The summed E-state index contributed by atoms with van der Waals surface area (Å²) < 4.78 is 29.0. The highest BCUT2D eigenvalue weighted by molar-refractivity contribution is 5.33. The van der Waals surface area contributed by atoms with Gasteiger partial charge in [-0.25, -0.2) is 0 Å². The Balaban J connectivity index is 0.000000310. The molecule has 74 valence electrons. The molecule has 0 spiro atoms. The maximum absolute atomic E-state index is 9.67. The second-order valence-corrected chi connectivity index (χ2v) is 1.66. The molecule has 0 saturated carbocycles. The van der Waals surface area contributed by atoms with E-state index in [1.165, 1.54) is 0 Å². The van der Waals surface area contributed by atoms with Crippen LogP contribution in [0.15, 0.2) is 0 Å². The van der Waals surface area contributed by atoms with Crippen LogP contribution in [0.2, 0.25) is 0 Å². The Morgan fingerprint density at radius 2 is 0.923 bits per heavy atom. The molecule has 13 heavy (non-hydrogen) atoms. The van der Waals surface area contributed by atoms with Crippen molar-refractivity contribution < 1.29 is 13.2 Å². The Bertz CT molecular complexity index is 213. The van der Waals surface area contributed by atoms with Gasteiger partial charge < -0.3 is 17.2 Å². The van der Waals surface area contributed by atoms with Crippen molar-refractivity contribution in [1.82, 2.24) is 15.0 Å². The highest BCUT2D eigenvalue weighted by Crippen LogP contribution is 1.97. The molecule has 1 heterocycles. The van der Waals surface area contributed by atoms with Gasteiger partial charge in [-0.3, -0.25) is 0 Å². The number of anilines is 3. The fourth-order valence-corrected chi connectivity index (χ4v) is 0.427. The minimum absolute atomic E-state index is 0.0417. The standard InChI is InChI=1S/C3H6N6.CHF3/c4-1-7-2(5)9-3(6)8-1;2-1(3)4/h(H6,4,5,6,7,8,9);1H. The van der Waals surface area contributed by atoms with E-state index in [9.17, 15) is 13.2 Å². The van der Waals surface area contributed by atoms with Gasteiger partial charge >= 0.3 is 6.68 Å². The lowest BCUT2D eigenvalue weighted by atomic mass is 10.9. The summed E-state index contributed by atoms with van der Waals surface area (Å²) in [6.45, 7) is -3.67. The van der Waals surface area contributed by atoms with Crippen molar-refractivity contribution >= 4 is 17.8 Å². The topological polar surface area (TPSA) is 117 Å². The van der Waals surface area contributed by atoms with E-state index in [1.807, 2.05) is 0 Å². The van der Waals surface area contributed by atoms with Gasteiger partial charge in [0.15, 0.2) is 0 Å². The van der Waals surface area contributed by atoms with Gasteiger partial charge in [0.25, 0.3) is 0 Å². The second kappa shape index (κ2) is 4.95. The summed E-state index contributed by atoms with van der Waals surface area (Å²) in [6.07, 6.45) is 0. The van der Waals surface area contributed by atoms with E-state index in [0.717, 1.165) is 0 Å². The zero-order chi connectivity index (χ0) is 10.4. The van der Waals surface area contributed by atoms with E-state index in [1.54, 1.807) is 0 Å². The van der Waals surface area contributed by atoms with Crippen LogP contribution in [0, 0.1) is 0 Å². The predicted molar refractivity (Wildman–Crippen MR) is 40.2 cm³/mol. The van der Waals surface area contributed by atoms with Crippen LogP contribution in [0.25, 0.3) is 0 Å². The zero-order valence-corrected chi connectivity index (χ0v) is 6.28. The Morgan fingerprint density at radius 1 is 0.769 bits per heavy atom. The van der Waals surface area contributed by atoms with Crippen molar-refractivity contribution in [3.8, 4) is 0 Å². The molecule has 0 aliphatic carbocycles. The van der Waals surface area contributed by atoms with Crippen LogP contribution in [0.3, 0.4) is 0 Å². The number of halogens is 3. The molecule has 0 radical (unpaired) electrons. The van der Waals surface area contributed by atoms with Crippen molar-refractivity contribution in [2.75, 3.05) is 17.2 Å². The Morgan fingerprint density at radius 3 is 1.08 bits per heavy atom. The zero-order valence-electron chi connectivity index (χ0n) is 6.28. The van der Waals surface area contributed by atoms with E-state index in [2.05, 4.69) is 15.0 Å². The lowest BCUT2D eigenvalue weighted by Crippen LogP contribution is -2.05. The van der Waals surface area contributed by atoms with Crippen LogP contribution in [0.4, 0.5) is 31.0 Å². The Kier molecular flexibility index (Phi) is 4.27. The summed E-state index contributed by atoms with van der Waals surface area (Å²) in [5, 5.41) is 0. The highest BCUT2D eigenvalue weighted by Gasteiger charge is 1.93. The number of nitrogens with zero attached hydrogens (tertiary/aromatic N) is 3. The lowest BCUT2D eigenvalue weighted by molar-refractivity contribution is 0.00819. The highest BCUT2D eigenvalue weighted by atomic mass is 19.4. The first-order valence-electron chi connectivity index (χ1n) is 2.86. The molecule has 6 nitrogen and oxygen atoms in total. The van der Waals surface area contributed by atoms with Crippen molar-refractivity contribution in [1.29, 1.82) is 0 Å². The van der Waals surface area contributed by atoms with Crippen LogP contribution in [0.5, 0.6) is 0 Å². The first-order chi connectivity index (χ1) is 5.91. The number of hydrogen-bond donors (Lipinski definition) is 3. The van der Waals surface area contributed by atoms with Gasteiger partial charge in [-0.05, 0) is 0 Å². The number of nitrogen functional groups attached to an aromatic ring is 3. The van der Waals surface area contributed by atoms with E-state index >= 15 is 0 Å². The van der Waals surface area contributed by atoms with Crippen molar-refractivity contribution in [3.63, 3.8) is 0 Å². The molecule has 0 bridgehead atoms. The smallest absolute Gasteiger partial charge is 0.368 e. The van der Waals surface area contributed by atoms with Crippen LogP contribution >= 0.6 is 0 Å². The number of rotatable bonds is 0. The number of nitrogens with two attached hydrogens (primary N) is 3. The molecule has 0 aromatic carbocycles. The molecule has 1 aromatic rings. The summed E-state index contributed by atoms with van der Waals surface area (Å²) >= 11 is 0. The van der Waals surface area contributed by atoms with Gasteiger partial charge in [-0.15, -0.1) is 0 Å². The molecule has 0 fully saturated rings.